The molecular weight excluding hydrogens is 390 g/mol. The van der Waals surface area contributed by atoms with Crippen LogP contribution in [0.15, 0.2) is 42.6 Å². The van der Waals surface area contributed by atoms with Gasteiger partial charge in [0.15, 0.2) is 0 Å². The highest BCUT2D eigenvalue weighted by Crippen LogP contribution is 2.30. The molecule has 1 aromatic heterocycles. The average molecular weight is 422 g/mol. The Morgan fingerprint density at radius 1 is 1.19 bits per heavy atom. The van der Waals surface area contributed by atoms with Gasteiger partial charge in [-0.3, -0.25) is 9.59 Å². The predicted octanol–water partition coefficient (Wildman–Crippen LogP) is 4.24. The summed E-state index contributed by atoms with van der Waals surface area (Å²) < 4.78 is 4.97. The largest absolute Gasteiger partial charge is 0.465 e. The van der Waals surface area contributed by atoms with Crippen molar-refractivity contribution in [2.45, 2.75) is 44.9 Å². The van der Waals surface area contributed by atoms with E-state index in [2.05, 4.69) is 54.1 Å². The summed E-state index contributed by atoms with van der Waals surface area (Å²) in [5, 5.41) is 0. The third-order valence-electron chi connectivity index (χ3n) is 6.47. The number of carbonyl (C=O) groups is 2. The smallest absolute Gasteiger partial charge is 0.306 e. The van der Waals surface area contributed by atoms with Crippen molar-refractivity contribution >= 4 is 23.4 Å². The molecule has 0 unspecified atom stereocenters. The standard InChI is InChI=1S/C25H31N3O3/c1-17(2)19-5-8-22(9-6-19)27(3)23-10-7-20(13-26-23)21-14-28(15-21)24(29)11-4-18-12-25(30)31-16-18/h5-10,13,17-18,21H,4,11-12,14-16H2,1-3H3/t18-/m0/s1. The summed E-state index contributed by atoms with van der Waals surface area (Å²) >= 11 is 0. The molecule has 2 aliphatic rings. The monoisotopic (exact) mass is 421 g/mol. The van der Waals surface area contributed by atoms with Gasteiger partial charge in [0.05, 0.1) is 13.0 Å². The van der Waals surface area contributed by atoms with Crippen molar-refractivity contribution in [2.75, 3.05) is 31.6 Å². The van der Waals surface area contributed by atoms with Crippen molar-refractivity contribution in [3.8, 4) is 0 Å². The second kappa shape index (κ2) is 9.08. The van der Waals surface area contributed by atoms with Crippen molar-refractivity contribution in [3.63, 3.8) is 0 Å². The number of hydrogen-bond donors (Lipinski definition) is 0. The molecule has 2 aromatic rings. The number of esters is 1. The van der Waals surface area contributed by atoms with E-state index in [1.165, 1.54) is 11.1 Å². The fourth-order valence-corrected chi connectivity index (χ4v) is 4.18. The lowest BCUT2D eigenvalue weighted by Gasteiger charge is -2.39. The van der Waals surface area contributed by atoms with E-state index in [4.69, 9.17) is 4.74 Å². The van der Waals surface area contributed by atoms with Gasteiger partial charge in [-0.1, -0.05) is 32.0 Å². The molecule has 1 aromatic carbocycles. The fraction of sp³-hybridized carbons (Fsp3) is 0.480. The van der Waals surface area contributed by atoms with Gasteiger partial charge in [-0.25, -0.2) is 4.98 Å². The number of ether oxygens (including phenoxy) is 1. The molecule has 6 heteroatoms. The van der Waals surface area contributed by atoms with E-state index in [0.29, 0.717) is 31.3 Å². The highest BCUT2D eigenvalue weighted by Gasteiger charge is 2.32. The molecule has 0 spiro atoms. The zero-order valence-electron chi connectivity index (χ0n) is 18.6. The average Bonchev–Trinajstić information content (AvgIpc) is 3.16. The van der Waals surface area contributed by atoms with E-state index in [-0.39, 0.29) is 17.8 Å². The molecule has 4 rings (SSSR count). The molecule has 6 nitrogen and oxygen atoms in total. The van der Waals surface area contributed by atoms with Crippen LogP contribution in [0, 0.1) is 5.92 Å². The van der Waals surface area contributed by atoms with Gasteiger partial charge in [0.1, 0.15) is 5.82 Å². The number of cyclic esters (lactones) is 1. The summed E-state index contributed by atoms with van der Waals surface area (Å²) in [6, 6.07) is 12.8. The van der Waals surface area contributed by atoms with Crippen LogP contribution < -0.4 is 4.90 Å². The van der Waals surface area contributed by atoms with Crippen molar-refractivity contribution in [2.24, 2.45) is 5.92 Å². The molecule has 2 aliphatic heterocycles. The lowest BCUT2D eigenvalue weighted by Crippen LogP contribution is -2.48. The number of carbonyl (C=O) groups excluding carboxylic acids is 2. The third-order valence-corrected chi connectivity index (χ3v) is 6.47. The van der Waals surface area contributed by atoms with E-state index in [9.17, 15) is 9.59 Å². The Labute approximate surface area is 184 Å². The van der Waals surface area contributed by atoms with Crippen LogP contribution in [0.25, 0.3) is 0 Å². The van der Waals surface area contributed by atoms with Crippen molar-refractivity contribution < 1.29 is 14.3 Å². The van der Waals surface area contributed by atoms with Gasteiger partial charge in [0, 0.05) is 50.3 Å². The van der Waals surface area contributed by atoms with Crippen LogP contribution in [0.3, 0.4) is 0 Å². The summed E-state index contributed by atoms with van der Waals surface area (Å²) in [7, 11) is 2.03. The van der Waals surface area contributed by atoms with Crippen LogP contribution in [0.2, 0.25) is 0 Å². The molecule has 0 saturated carbocycles. The molecule has 2 saturated heterocycles. The minimum atomic E-state index is -0.143. The van der Waals surface area contributed by atoms with Gasteiger partial charge in [-0.05, 0) is 41.7 Å². The molecule has 0 N–H and O–H groups in total. The summed E-state index contributed by atoms with van der Waals surface area (Å²) in [5.74, 6) is 2.00. The Kier molecular flexibility index (Phi) is 6.25. The van der Waals surface area contributed by atoms with Crippen molar-refractivity contribution in [3.05, 3.63) is 53.7 Å². The van der Waals surface area contributed by atoms with E-state index >= 15 is 0 Å². The van der Waals surface area contributed by atoms with Crippen LogP contribution in [0.4, 0.5) is 11.5 Å². The van der Waals surface area contributed by atoms with E-state index in [1.54, 1.807) is 0 Å². The third kappa shape index (κ3) is 4.89. The number of likely N-dealkylation sites (tertiary alicyclic amines) is 1. The van der Waals surface area contributed by atoms with Gasteiger partial charge in [-0.15, -0.1) is 0 Å². The van der Waals surface area contributed by atoms with E-state index in [0.717, 1.165) is 31.0 Å². The Morgan fingerprint density at radius 3 is 2.52 bits per heavy atom. The van der Waals surface area contributed by atoms with Crippen LogP contribution in [0.1, 0.15) is 56.1 Å². The maximum Gasteiger partial charge on any atom is 0.306 e. The molecule has 1 atom stereocenters. The van der Waals surface area contributed by atoms with Gasteiger partial charge in [0.2, 0.25) is 5.91 Å². The summed E-state index contributed by atoms with van der Waals surface area (Å²) in [6.07, 6.45) is 3.60. The quantitative estimate of drug-likeness (QED) is 0.626. The first-order valence-electron chi connectivity index (χ1n) is 11.1. The Hall–Kier alpha value is -2.89. The zero-order chi connectivity index (χ0) is 22.0. The summed E-state index contributed by atoms with van der Waals surface area (Å²) in [6.45, 7) is 6.34. The fourth-order valence-electron chi connectivity index (χ4n) is 4.18. The molecule has 0 aliphatic carbocycles. The normalized spacial score (nSPS) is 18.8. The molecule has 1 amide bonds. The van der Waals surface area contributed by atoms with Gasteiger partial charge < -0.3 is 14.5 Å². The summed E-state index contributed by atoms with van der Waals surface area (Å²) in [5.41, 5.74) is 3.61. The molecule has 31 heavy (non-hydrogen) atoms. The summed E-state index contributed by atoms with van der Waals surface area (Å²) in [4.78, 5) is 32.2. The van der Waals surface area contributed by atoms with Crippen molar-refractivity contribution in [1.29, 1.82) is 0 Å². The SMILES string of the molecule is CC(C)c1ccc(N(C)c2ccc(C3CN(C(=O)CC[C@@H]4COC(=O)C4)C3)cn2)cc1. The van der Waals surface area contributed by atoms with Crippen LogP contribution in [0.5, 0.6) is 0 Å². The number of aromatic nitrogens is 1. The highest BCUT2D eigenvalue weighted by atomic mass is 16.5. The van der Waals surface area contributed by atoms with Crippen LogP contribution in [-0.2, 0) is 14.3 Å². The molecular formula is C25H31N3O3. The number of benzene rings is 1. The van der Waals surface area contributed by atoms with E-state index < -0.39 is 0 Å². The second-order valence-corrected chi connectivity index (χ2v) is 9.04. The minimum Gasteiger partial charge on any atom is -0.465 e. The minimum absolute atomic E-state index is 0.143. The molecule has 3 heterocycles. The zero-order valence-corrected chi connectivity index (χ0v) is 18.6. The Bertz CT molecular complexity index is 918. The number of anilines is 2. The number of rotatable bonds is 7. The number of pyridine rings is 1. The number of amides is 1. The first kappa shape index (κ1) is 21.3. The Morgan fingerprint density at radius 2 is 1.94 bits per heavy atom. The van der Waals surface area contributed by atoms with Crippen molar-refractivity contribution in [1.82, 2.24) is 9.88 Å². The topological polar surface area (TPSA) is 62.7 Å². The molecule has 0 radical (unpaired) electrons. The molecule has 164 valence electrons. The molecule has 0 bridgehead atoms. The second-order valence-electron chi connectivity index (χ2n) is 9.04. The van der Waals surface area contributed by atoms with Crippen LogP contribution >= 0.6 is 0 Å². The number of nitrogens with zero attached hydrogens (tertiary/aromatic N) is 3. The maximum absolute atomic E-state index is 12.4. The molecule has 2 fully saturated rings. The van der Waals surface area contributed by atoms with E-state index in [1.807, 2.05) is 24.2 Å². The van der Waals surface area contributed by atoms with Gasteiger partial charge in [-0.2, -0.15) is 0 Å². The lowest BCUT2D eigenvalue weighted by molar-refractivity contribution is -0.138. The van der Waals surface area contributed by atoms with Gasteiger partial charge in [0.25, 0.3) is 0 Å². The Balaban J connectivity index is 1.27. The van der Waals surface area contributed by atoms with Crippen LogP contribution in [-0.4, -0.2) is 48.5 Å². The first-order valence-corrected chi connectivity index (χ1v) is 11.1. The predicted molar refractivity (Wildman–Crippen MR) is 120 cm³/mol. The van der Waals surface area contributed by atoms with Gasteiger partial charge >= 0.3 is 5.97 Å². The lowest BCUT2D eigenvalue weighted by atomic mass is 9.91. The highest BCUT2D eigenvalue weighted by molar-refractivity contribution is 5.77. The maximum atomic E-state index is 12.4. The number of hydrogen-bond acceptors (Lipinski definition) is 5. The first-order chi connectivity index (χ1) is 14.9.